The molecule has 158 valence electrons. The lowest BCUT2D eigenvalue weighted by Crippen LogP contribution is -1.99. The number of ether oxygens (including phenoxy) is 3. The van der Waals surface area contributed by atoms with E-state index < -0.39 is 0 Å². The number of rotatable bonds is 6. The summed E-state index contributed by atoms with van der Waals surface area (Å²) in [7, 11) is 4.68. The number of nitrogens with zero attached hydrogens (tertiary/aromatic N) is 3. The Bertz CT molecular complexity index is 1260. The largest absolute Gasteiger partial charge is 0.493 e. The lowest BCUT2D eigenvalue weighted by molar-refractivity contribution is 0.324. The van der Waals surface area contributed by atoms with E-state index in [1.165, 1.54) is 0 Å². The number of aromatic nitrogens is 2. The van der Waals surface area contributed by atoms with Crippen LogP contribution in [-0.2, 0) is 0 Å². The molecule has 0 saturated carbocycles. The standard InChI is InChI=1S/C26H21N3O3/c1-30-23-13-18(14-24(31-2)26(23)32-3)19-15-22(21-11-7-8-12-28-21)29-25(20(19)16-27)17-9-5-4-6-10-17/h4-15H,1-3H3. The zero-order chi connectivity index (χ0) is 22.5. The smallest absolute Gasteiger partial charge is 0.203 e. The fraction of sp³-hybridized carbons (Fsp3) is 0.115. The first kappa shape index (κ1) is 20.9. The van der Waals surface area contributed by atoms with E-state index in [1.807, 2.05) is 66.7 Å². The van der Waals surface area contributed by atoms with Gasteiger partial charge in [0, 0.05) is 17.3 Å². The van der Waals surface area contributed by atoms with Crippen molar-refractivity contribution in [2.75, 3.05) is 21.3 Å². The molecule has 0 amide bonds. The third-order valence-corrected chi connectivity index (χ3v) is 5.08. The maximum absolute atomic E-state index is 10.1. The van der Waals surface area contributed by atoms with E-state index in [4.69, 9.17) is 19.2 Å². The minimum Gasteiger partial charge on any atom is -0.493 e. The van der Waals surface area contributed by atoms with Crippen molar-refractivity contribution < 1.29 is 14.2 Å². The molecule has 0 radical (unpaired) electrons. The molecule has 0 aliphatic carbocycles. The van der Waals surface area contributed by atoms with Gasteiger partial charge in [0.15, 0.2) is 11.5 Å². The zero-order valence-corrected chi connectivity index (χ0v) is 18.0. The fourth-order valence-corrected chi connectivity index (χ4v) is 3.57. The van der Waals surface area contributed by atoms with Gasteiger partial charge in [0.05, 0.1) is 44.0 Å². The van der Waals surface area contributed by atoms with E-state index in [2.05, 4.69) is 11.1 Å². The van der Waals surface area contributed by atoms with E-state index in [-0.39, 0.29) is 0 Å². The van der Waals surface area contributed by atoms with Gasteiger partial charge < -0.3 is 14.2 Å². The molecule has 0 atom stereocenters. The molecule has 0 spiro atoms. The molecular weight excluding hydrogens is 402 g/mol. The van der Waals surface area contributed by atoms with Crippen LogP contribution < -0.4 is 14.2 Å². The van der Waals surface area contributed by atoms with Gasteiger partial charge in [-0.15, -0.1) is 0 Å². The number of pyridine rings is 2. The monoisotopic (exact) mass is 423 g/mol. The molecule has 0 saturated heterocycles. The van der Waals surface area contributed by atoms with E-state index >= 15 is 0 Å². The van der Waals surface area contributed by atoms with Crippen molar-refractivity contribution >= 4 is 0 Å². The SMILES string of the molecule is COc1cc(-c2cc(-c3ccccn3)nc(-c3ccccc3)c2C#N)cc(OC)c1OC. The molecule has 0 unspecified atom stereocenters. The van der Waals surface area contributed by atoms with Crippen LogP contribution in [0.1, 0.15) is 5.56 Å². The van der Waals surface area contributed by atoms with Gasteiger partial charge in [0.1, 0.15) is 6.07 Å². The Morgan fingerprint density at radius 3 is 2.00 bits per heavy atom. The molecule has 2 aromatic carbocycles. The number of hydrogen-bond donors (Lipinski definition) is 0. The van der Waals surface area contributed by atoms with Crippen molar-refractivity contribution in [2.24, 2.45) is 0 Å². The molecule has 2 aromatic heterocycles. The van der Waals surface area contributed by atoms with Crippen LogP contribution in [-0.4, -0.2) is 31.3 Å². The molecule has 2 heterocycles. The van der Waals surface area contributed by atoms with Crippen LogP contribution >= 0.6 is 0 Å². The summed E-state index contributed by atoms with van der Waals surface area (Å²) in [6.45, 7) is 0. The zero-order valence-electron chi connectivity index (χ0n) is 18.0. The predicted octanol–water partition coefficient (Wildman–Crippen LogP) is 5.38. The number of nitriles is 1. The Morgan fingerprint density at radius 2 is 1.44 bits per heavy atom. The third kappa shape index (κ3) is 3.84. The van der Waals surface area contributed by atoms with Crippen molar-refractivity contribution in [1.29, 1.82) is 5.26 Å². The average Bonchev–Trinajstić information content (AvgIpc) is 2.87. The summed E-state index contributed by atoms with van der Waals surface area (Å²) in [5.74, 6) is 1.49. The normalized spacial score (nSPS) is 10.3. The highest BCUT2D eigenvalue weighted by atomic mass is 16.5. The van der Waals surface area contributed by atoms with Crippen LogP contribution in [0.4, 0.5) is 0 Å². The second-order valence-corrected chi connectivity index (χ2v) is 6.89. The molecule has 4 rings (SSSR count). The van der Waals surface area contributed by atoms with Gasteiger partial charge in [-0.25, -0.2) is 4.98 Å². The van der Waals surface area contributed by atoms with Gasteiger partial charge in [0.25, 0.3) is 0 Å². The van der Waals surface area contributed by atoms with E-state index in [9.17, 15) is 5.26 Å². The van der Waals surface area contributed by atoms with Crippen molar-refractivity contribution in [2.45, 2.75) is 0 Å². The summed E-state index contributed by atoms with van der Waals surface area (Å²) in [4.78, 5) is 9.27. The van der Waals surface area contributed by atoms with Crippen molar-refractivity contribution in [3.05, 3.63) is 78.5 Å². The quantitative estimate of drug-likeness (QED) is 0.415. The Kier molecular flexibility index (Phi) is 6.00. The Morgan fingerprint density at radius 1 is 0.750 bits per heavy atom. The van der Waals surface area contributed by atoms with Crippen LogP contribution in [0.25, 0.3) is 33.8 Å². The molecule has 32 heavy (non-hydrogen) atoms. The highest BCUT2D eigenvalue weighted by Gasteiger charge is 2.20. The highest BCUT2D eigenvalue weighted by Crippen LogP contribution is 2.43. The highest BCUT2D eigenvalue weighted by molar-refractivity contribution is 5.84. The first-order chi connectivity index (χ1) is 15.7. The van der Waals surface area contributed by atoms with Crippen LogP contribution in [0, 0.1) is 11.3 Å². The van der Waals surface area contributed by atoms with Gasteiger partial charge in [-0.2, -0.15) is 5.26 Å². The molecule has 0 aliphatic heterocycles. The summed E-state index contributed by atoms with van der Waals surface area (Å²) in [6.07, 6.45) is 1.72. The fourth-order valence-electron chi connectivity index (χ4n) is 3.57. The second kappa shape index (κ2) is 9.19. The summed E-state index contributed by atoms with van der Waals surface area (Å²) in [6, 6.07) is 23.2. The average molecular weight is 423 g/mol. The molecule has 6 nitrogen and oxygen atoms in total. The summed E-state index contributed by atoms with van der Waals surface area (Å²) < 4.78 is 16.5. The maximum atomic E-state index is 10.1. The summed E-state index contributed by atoms with van der Waals surface area (Å²) >= 11 is 0. The van der Waals surface area contributed by atoms with Gasteiger partial charge >= 0.3 is 0 Å². The van der Waals surface area contributed by atoms with Crippen LogP contribution in [0.5, 0.6) is 17.2 Å². The van der Waals surface area contributed by atoms with E-state index in [0.717, 1.165) is 11.1 Å². The summed E-state index contributed by atoms with van der Waals surface area (Å²) in [5, 5.41) is 10.1. The third-order valence-electron chi connectivity index (χ3n) is 5.08. The molecular formula is C26H21N3O3. The van der Waals surface area contributed by atoms with E-state index in [0.29, 0.717) is 45.5 Å². The number of hydrogen-bond acceptors (Lipinski definition) is 6. The lowest BCUT2D eigenvalue weighted by atomic mass is 9.94. The minimum atomic E-state index is 0.449. The minimum absolute atomic E-state index is 0.449. The molecule has 0 aliphatic rings. The van der Waals surface area contributed by atoms with Crippen molar-refractivity contribution in [1.82, 2.24) is 9.97 Å². The molecule has 0 N–H and O–H groups in total. The molecule has 6 heteroatoms. The Hall–Kier alpha value is -4.37. The predicted molar refractivity (Wildman–Crippen MR) is 123 cm³/mol. The first-order valence-corrected chi connectivity index (χ1v) is 9.92. The first-order valence-electron chi connectivity index (χ1n) is 9.92. The van der Waals surface area contributed by atoms with Crippen LogP contribution in [0.2, 0.25) is 0 Å². The summed E-state index contributed by atoms with van der Waals surface area (Å²) in [5.41, 5.74) is 4.69. The Labute approximate surface area is 186 Å². The van der Waals surface area contributed by atoms with Gasteiger partial charge in [-0.3, -0.25) is 4.98 Å². The molecule has 0 bridgehead atoms. The molecule has 0 fully saturated rings. The Balaban J connectivity index is 2.05. The van der Waals surface area contributed by atoms with Gasteiger partial charge in [0.2, 0.25) is 5.75 Å². The second-order valence-electron chi connectivity index (χ2n) is 6.89. The van der Waals surface area contributed by atoms with Crippen molar-refractivity contribution in [3.63, 3.8) is 0 Å². The van der Waals surface area contributed by atoms with Gasteiger partial charge in [-0.05, 0) is 35.9 Å². The maximum Gasteiger partial charge on any atom is 0.203 e. The van der Waals surface area contributed by atoms with Crippen molar-refractivity contribution in [3.8, 4) is 57.1 Å². The topological polar surface area (TPSA) is 77.3 Å². The number of benzene rings is 2. The van der Waals surface area contributed by atoms with Crippen LogP contribution in [0.15, 0.2) is 72.9 Å². The van der Waals surface area contributed by atoms with Crippen LogP contribution in [0.3, 0.4) is 0 Å². The number of methoxy groups -OCH3 is 3. The lowest BCUT2D eigenvalue weighted by Gasteiger charge is -2.16. The van der Waals surface area contributed by atoms with E-state index in [1.54, 1.807) is 27.5 Å². The molecule has 4 aromatic rings. The van der Waals surface area contributed by atoms with Gasteiger partial charge in [-0.1, -0.05) is 36.4 Å².